The van der Waals surface area contributed by atoms with Crippen molar-refractivity contribution >= 4 is 5.84 Å². The highest BCUT2D eigenvalue weighted by molar-refractivity contribution is 5.98. The molecule has 4 heteroatoms. The lowest BCUT2D eigenvalue weighted by Crippen LogP contribution is -2.20. The Morgan fingerprint density at radius 3 is 2.78 bits per heavy atom. The molecule has 0 amide bonds. The van der Waals surface area contributed by atoms with Crippen molar-refractivity contribution in [3.63, 3.8) is 0 Å². The zero-order valence-corrected chi connectivity index (χ0v) is 11.2. The Morgan fingerprint density at radius 1 is 1.39 bits per heavy atom. The maximum Gasteiger partial charge on any atom is 0.170 e. The van der Waals surface area contributed by atoms with Crippen molar-refractivity contribution in [2.24, 2.45) is 16.8 Å². The maximum absolute atomic E-state index is 8.73. The molecule has 0 saturated heterocycles. The molecule has 0 spiro atoms. The number of nitrogens with one attached hydrogen (secondary N) is 1. The van der Waals surface area contributed by atoms with Gasteiger partial charge in [-0.05, 0) is 30.9 Å². The zero-order chi connectivity index (χ0) is 13.4. The second kappa shape index (κ2) is 7.71. The van der Waals surface area contributed by atoms with Crippen molar-refractivity contribution in [2.45, 2.75) is 33.2 Å². The molecular weight excluding hydrogens is 226 g/mol. The summed E-state index contributed by atoms with van der Waals surface area (Å²) in [5.41, 5.74) is 7.48. The van der Waals surface area contributed by atoms with E-state index in [1.54, 1.807) is 0 Å². The van der Waals surface area contributed by atoms with Crippen LogP contribution in [0, 0.1) is 5.92 Å². The average molecular weight is 249 g/mol. The van der Waals surface area contributed by atoms with Gasteiger partial charge >= 0.3 is 0 Å². The van der Waals surface area contributed by atoms with E-state index in [9.17, 15) is 0 Å². The van der Waals surface area contributed by atoms with E-state index in [1.807, 2.05) is 24.3 Å². The van der Waals surface area contributed by atoms with Crippen molar-refractivity contribution in [2.75, 3.05) is 6.54 Å². The predicted molar refractivity (Wildman–Crippen MR) is 74.7 cm³/mol. The minimum absolute atomic E-state index is 0.162. The molecule has 0 aliphatic carbocycles. The molecule has 0 atom stereocenters. The Bertz CT molecular complexity index is 388. The molecule has 1 aromatic carbocycles. The molecule has 0 fully saturated rings. The summed E-state index contributed by atoms with van der Waals surface area (Å²) in [6.45, 7) is 6.19. The number of nitrogens with zero attached hydrogens (tertiary/aromatic N) is 1. The van der Waals surface area contributed by atoms with Gasteiger partial charge in [-0.3, -0.25) is 0 Å². The molecule has 0 bridgehead atoms. The van der Waals surface area contributed by atoms with E-state index < -0.39 is 0 Å². The first-order chi connectivity index (χ1) is 8.65. The molecule has 4 N–H and O–H groups in total. The van der Waals surface area contributed by atoms with E-state index in [0.717, 1.165) is 30.1 Å². The average Bonchev–Trinajstić information content (AvgIpc) is 2.37. The van der Waals surface area contributed by atoms with Gasteiger partial charge in [0.25, 0.3) is 0 Å². The highest BCUT2D eigenvalue weighted by Crippen LogP contribution is 2.08. The summed E-state index contributed by atoms with van der Waals surface area (Å²) in [6.07, 6.45) is 2.40. The van der Waals surface area contributed by atoms with Gasteiger partial charge in [-0.25, -0.2) is 0 Å². The first-order valence-electron chi connectivity index (χ1n) is 6.41. The van der Waals surface area contributed by atoms with Crippen LogP contribution in [0.15, 0.2) is 29.4 Å². The van der Waals surface area contributed by atoms with Gasteiger partial charge in [0.1, 0.15) is 0 Å². The van der Waals surface area contributed by atoms with Crippen LogP contribution in [0.3, 0.4) is 0 Å². The first-order valence-corrected chi connectivity index (χ1v) is 6.41. The minimum Gasteiger partial charge on any atom is -0.409 e. The third kappa shape index (κ3) is 4.75. The van der Waals surface area contributed by atoms with Gasteiger partial charge in [0.05, 0.1) is 0 Å². The van der Waals surface area contributed by atoms with E-state index in [0.29, 0.717) is 0 Å². The number of rotatable bonds is 7. The highest BCUT2D eigenvalue weighted by Gasteiger charge is 2.05. The molecular formula is C14H23N3O. The van der Waals surface area contributed by atoms with Crippen LogP contribution in [0.25, 0.3) is 0 Å². The third-order valence-electron chi connectivity index (χ3n) is 2.85. The zero-order valence-electron chi connectivity index (χ0n) is 11.2. The Kier molecular flexibility index (Phi) is 6.22. The number of hydrogen-bond acceptors (Lipinski definition) is 3. The summed E-state index contributed by atoms with van der Waals surface area (Å²) in [4.78, 5) is 0. The quantitative estimate of drug-likeness (QED) is 0.228. The van der Waals surface area contributed by atoms with Gasteiger partial charge in [0.15, 0.2) is 5.84 Å². The number of benzene rings is 1. The van der Waals surface area contributed by atoms with Crippen LogP contribution in [-0.4, -0.2) is 17.6 Å². The molecule has 1 rings (SSSR count). The van der Waals surface area contributed by atoms with E-state index >= 15 is 0 Å². The van der Waals surface area contributed by atoms with Crippen molar-refractivity contribution < 1.29 is 5.21 Å². The number of hydrogen-bond donors (Lipinski definition) is 3. The molecule has 100 valence electrons. The van der Waals surface area contributed by atoms with Crippen molar-refractivity contribution in [1.82, 2.24) is 5.32 Å². The molecule has 4 nitrogen and oxygen atoms in total. The molecule has 0 aliphatic rings. The fourth-order valence-electron chi connectivity index (χ4n) is 1.84. The van der Waals surface area contributed by atoms with Gasteiger partial charge in [0.2, 0.25) is 0 Å². The van der Waals surface area contributed by atoms with Crippen LogP contribution in [-0.2, 0) is 6.54 Å². The van der Waals surface area contributed by atoms with Gasteiger partial charge in [0, 0.05) is 12.1 Å². The third-order valence-corrected chi connectivity index (χ3v) is 2.85. The molecule has 0 saturated carbocycles. The lowest BCUT2D eigenvalue weighted by Gasteiger charge is -2.10. The molecule has 18 heavy (non-hydrogen) atoms. The fraction of sp³-hybridized carbons (Fsp3) is 0.500. The van der Waals surface area contributed by atoms with Gasteiger partial charge in [-0.1, -0.05) is 43.3 Å². The Hall–Kier alpha value is -1.55. The molecule has 0 radical (unpaired) electrons. The summed E-state index contributed by atoms with van der Waals surface area (Å²) in [5.74, 6) is 0.908. The standard InChI is InChI=1S/C14H23N3O/c1-11(2)6-5-9-16-10-12-7-3-4-8-13(12)14(15)17-18/h3-4,7-8,11,16,18H,5-6,9-10H2,1-2H3,(H2,15,17). The van der Waals surface area contributed by atoms with Crippen molar-refractivity contribution in [3.8, 4) is 0 Å². The smallest absolute Gasteiger partial charge is 0.170 e. The first kappa shape index (κ1) is 14.5. The second-order valence-electron chi connectivity index (χ2n) is 4.86. The molecule has 1 aromatic rings. The lowest BCUT2D eigenvalue weighted by molar-refractivity contribution is 0.318. The molecule has 0 aromatic heterocycles. The van der Waals surface area contributed by atoms with Crippen LogP contribution < -0.4 is 11.1 Å². The van der Waals surface area contributed by atoms with E-state index in [-0.39, 0.29) is 5.84 Å². The van der Waals surface area contributed by atoms with Gasteiger partial charge in [-0.2, -0.15) is 0 Å². The van der Waals surface area contributed by atoms with E-state index in [2.05, 4.69) is 24.3 Å². The summed E-state index contributed by atoms with van der Waals surface area (Å²) in [7, 11) is 0. The van der Waals surface area contributed by atoms with Gasteiger partial charge in [-0.15, -0.1) is 0 Å². The summed E-state index contributed by atoms with van der Waals surface area (Å²) in [5, 5.41) is 15.2. The Labute approximate surface area is 109 Å². The summed E-state index contributed by atoms with van der Waals surface area (Å²) in [6, 6.07) is 7.69. The van der Waals surface area contributed by atoms with Crippen LogP contribution >= 0.6 is 0 Å². The van der Waals surface area contributed by atoms with Gasteiger partial charge < -0.3 is 16.3 Å². The molecule has 0 aliphatic heterocycles. The van der Waals surface area contributed by atoms with Crippen LogP contribution in [0.5, 0.6) is 0 Å². The van der Waals surface area contributed by atoms with Crippen LogP contribution in [0.1, 0.15) is 37.8 Å². The Morgan fingerprint density at radius 2 is 2.11 bits per heavy atom. The minimum atomic E-state index is 0.162. The number of amidine groups is 1. The molecule has 0 heterocycles. The monoisotopic (exact) mass is 249 g/mol. The predicted octanol–water partition coefficient (Wildman–Crippen LogP) is 2.31. The number of oxime groups is 1. The van der Waals surface area contributed by atoms with Crippen LogP contribution in [0.4, 0.5) is 0 Å². The Balaban J connectivity index is 2.47. The van der Waals surface area contributed by atoms with E-state index in [1.165, 1.54) is 12.8 Å². The normalized spacial score (nSPS) is 12.1. The fourth-order valence-corrected chi connectivity index (χ4v) is 1.84. The summed E-state index contributed by atoms with van der Waals surface area (Å²) >= 11 is 0. The number of nitrogens with two attached hydrogens (primary N) is 1. The van der Waals surface area contributed by atoms with E-state index in [4.69, 9.17) is 10.9 Å². The second-order valence-corrected chi connectivity index (χ2v) is 4.86. The highest BCUT2D eigenvalue weighted by atomic mass is 16.4. The topological polar surface area (TPSA) is 70.6 Å². The SMILES string of the molecule is CC(C)CCCNCc1ccccc1C(N)=NO. The van der Waals surface area contributed by atoms with Crippen molar-refractivity contribution in [1.29, 1.82) is 0 Å². The maximum atomic E-state index is 8.73. The van der Waals surface area contributed by atoms with Crippen LogP contribution in [0.2, 0.25) is 0 Å². The largest absolute Gasteiger partial charge is 0.409 e. The summed E-state index contributed by atoms with van der Waals surface area (Å²) < 4.78 is 0. The van der Waals surface area contributed by atoms with Crippen molar-refractivity contribution in [3.05, 3.63) is 35.4 Å². The lowest BCUT2D eigenvalue weighted by atomic mass is 10.1. The molecule has 0 unspecified atom stereocenters.